The number of rotatable bonds is 4. The maximum absolute atomic E-state index is 13.1. The van der Waals surface area contributed by atoms with Gasteiger partial charge in [0.2, 0.25) is 5.91 Å². The van der Waals surface area contributed by atoms with E-state index in [-0.39, 0.29) is 53.4 Å². The second-order valence-corrected chi connectivity index (χ2v) is 8.56. The lowest BCUT2D eigenvalue weighted by Gasteiger charge is -2.36. The maximum atomic E-state index is 13.1. The standard InChI is InChI=1S/C24H27N5O6/c1-17(30)25-8-10-26(11-9-25)20-7-6-18(16-21(20)29(34)35)23(32)27-12-14-28(15-13-27)24(33)19-4-2-3-5-22(19)31/h2-7,16,31H,8-15H2,1H3. The molecule has 35 heavy (non-hydrogen) atoms. The number of nitro benzene ring substituents is 1. The number of amides is 3. The van der Waals surface area contributed by atoms with Crippen molar-refractivity contribution in [3.8, 4) is 5.75 Å². The highest BCUT2D eigenvalue weighted by molar-refractivity contribution is 5.98. The number of phenols is 1. The van der Waals surface area contributed by atoms with Gasteiger partial charge in [-0.1, -0.05) is 12.1 Å². The van der Waals surface area contributed by atoms with E-state index in [1.54, 1.807) is 45.0 Å². The van der Waals surface area contributed by atoms with Crippen LogP contribution in [0.3, 0.4) is 0 Å². The predicted octanol–water partition coefficient (Wildman–Crippen LogP) is 1.57. The summed E-state index contributed by atoms with van der Waals surface area (Å²) in [7, 11) is 0. The van der Waals surface area contributed by atoms with Crippen LogP contribution in [0.4, 0.5) is 11.4 Å². The summed E-state index contributed by atoms with van der Waals surface area (Å²) >= 11 is 0. The van der Waals surface area contributed by atoms with Gasteiger partial charge in [-0.2, -0.15) is 0 Å². The Morgan fingerprint density at radius 3 is 1.97 bits per heavy atom. The van der Waals surface area contributed by atoms with Crippen LogP contribution in [0.25, 0.3) is 0 Å². The number of hydrogen-bond acceptors (Lipinski definition) is 7. The van der Waals surface area contributed by atoms with Gasteiger partial charge in [-0.25, -0.2) is 0 Å². The van der Waals surface area contributed by atoms with Crippen molar-refractivity contribution in [2.45, 2.75) is 6.92 Å². The van der Waals surface area contributed by atoms with Gasteiger partial charge in [0.25, 0.3) is 17.5 Å². The summed E-state index contributed by atoms with van der Waals surface area (Å²) < 4.78 is 0. The van der Waals surface area contributed by atoms with Crippen molar-refractivity contribution in [3.63, 3.8) is 0 Å². The number of phenolic OH excluding ortho intramolecular Hbond substituents is 1. The number of carbonyl (C=O) groups is 3. The molecule has 0 unspecified atom stereocenters. The number of hydrogen-bond donors (Lipinski definition) is 1. The average Bonchev–Trinajstić information content (AvgIpc) is 2.88. The van der Waals surface area contributed by atoms with Crippen LogP contribution in [0.1, 0.15) is 27.6 Å². The third-order valence-corrected chi connectivity index (χ3v) is 6.47. The van der Waals surface area contributed by atoms with E-state index in [1.165, 1.54) is 19.1 Å². The largest absolute Gasteiger partial charge is 0.507 e. The molecule has 0 saturated carbocycles. The van der Waals surface area contributed by atoms with Crippen molar-refractivity contribution in [1.29, 1.82) is 0 Å². The first-order valence-electron chi connectivity index (χ1n) is 11.4. The first-order valence-corrected chi connectivity index (χ1v) is 11.4. The molecule has 2 fully saturated rings. The molecule has 11 heteroatoms. The quantitative estimate of drug-likeness (QED) is 0.519. The molecule has 3 amide bonds. The van der Waals surface area contributed by atoms with Crippen molar-refractivity contribution in [2.75, 3.05) is 57.3 Å². The predicted molar refractivity (Wildman–Crippen MR) is 127 cm³/mol. The van der Waals surface area contributed by atoms with Crippen LogP contribution < -0.4 is 4.90 Å². The molecule has 2 saturated heterocycles. The minimum Gasteiger partial charge on any atom is -0.507 e. The number of carbonyl (C=O) groups excluding carboxylic acids is 3. The topological polar surface area (TPSA) is 128 Å². The fraction of sp³-hybridized carbons (Fsp3) is 0.375. The van der Waals surface area contributed by atoms with Gasteiger partial charge in [0.1, 0.15) is 11.4 Å². The summed E-state index contributed by atoms with van der Waals surface area (Å²) in [6.07, 6.45) is 0. The van der Waals surface area contributed by atoms with Gasteiger partial charge in [-0.05, 0) is 24.3 Å². The van der Waals surface area contributed by atoms with Gasteiger partial charge in [-0.15, -0.1) is 0 Å². The van der Waals surface area contributed by atoms with E-state index in [0.717, 1.165) is 0 Å². The number of aromatic hydroxyl groups is 1. The van der Waals surface area contributed by atoms with Crippen LogP contribution in [-0.4, -0.2) is 94.8 Å². The molecule has 11 nitrogen and oxygen atoms in total. The molecule has 2 heterocycles. The Balaban J connectivity index is 1.43. The number of nitrogens with zero attached hydrogens (tertiary/aromatic N) is 5. The average molecular weight is 482 g/mol. The molecule has 0 atom stereocenters. The summed E-state index contributed by atoms with van der Waals surface area (Å²) in [5.41, 5.74) is 0.694. The van der Waals surface area contributed by atoms with Crippen molar-refractivity contribution in [1.82, 2.24) is 14.7 Å². The molecule has 2 aliphatic rings. The van der Waals surface area contributed by atoms with Gasteiger partial charge < -0.3 is 24.7 Å². The lowest BCUT2D eigenvalue weighted by atomic mass is 10.1. The molecule has 2 aromatic rings. The Morgan fingerprint density at radius 1 is 0.829 bits per heavy atom. The third kappa shape index (κ3) is 5.03. The highest BCUT2D eigenvalue weighted by Crippen LogP contribution is 2.31. The summed E-state index contributed by atoms with van der Waals surface area (Å²) in [5, 5.41) is 21.7. The number of piperazine rings is 2. The highest BCUT2D eigenvalue weighted by Gasteiger charge is 2.29. The van der Waals surface area contributed by atoms with E-state index < -0.39 is 4.92 Å². The normalized spacial score (nSPS) is 16.3. The van der Waals surface area contributed by atoms with Gasteiger partial charge in [0.05, 0.1) is 10.5 Å². The van der Waals surface area contributed by atoms with E-state index in [4.69, 9.17) is 0 Å². The van der Waals surface area contributed by atoms with E-state index in [1.807, 2.05) is 4.90 Å². The van der Waals surface area contributed by atoms with E-state index >= 15 is 0 Å². The van der Waals surface area contributed by atoms with Crippen LogP contribution in [0, 0.1) is 10.1 Å². The van der Waals surface area contributed by atoms with Crippen LogP contribution in [0.2, 0.25) is 0 Å². The van der Waals surface area contributed by atoms with E-state index in [0.29, 0.717) is 45.0 Å². The first kappa shape index (κ1) is 24.0. The summed E-state index contributed by atoms with van der Waals surface area (Å²) in [6.45, 7) is 4.55. The molecular formula is C24H27N5O6. The molecule has 0 spiro atoms. The summed E-state index contributed by atoms with van der Waals surface area (Å²) in [5.74, 6) is -0.760. The monoisotopic (exact) mass is 481 g/mol. The molecule has 2 aromatic carbocycles. The molecule has 4 rings (SSSR count). The van der Waals surface area contributed by atoms with E-state index in [9.17, 15) is 29.6 Å². The van der Waals surface area contributed by atoms with Crippen LogP contribution in [0.15, 0.2) is 42.5 Å². The molecule has 0 aliphatic carbocycles. The number of nitro groups is 1. The Labute approximate surface area is 202 Å². The minimum atomic E-state index is -0.494. The second kappa shape index (κ2) is 10.00. The Hall–Kier alpha value is -4.15. The number of para-hydroxylation sites is 1. The zero-order chi connectivity index (χ0) is 25.1. The fourth-order valence-electron chi connectivity index (χ4n) is 4.45. The molecule has 0 bridgehead atoms. The summed E-state index contributed by atoms with van der Waals surface area (Å²) in [6, 6.07) is 10.8. The maximum Gasteiger partial charge on any atom is 0.293 e. The van der Waals surface area contributed by atoms with Gasteiger partial charge in [0.15, 0.2) is 0 Å². The molecular weight excluding hydrogens is 454 g/mol. The van der Waals surface area contributed by atoms with Crippen LogP contribution in [-0.2, 0) is 4.79 Å². The van der Waals surface area contributed by atoms with Gasteiger partial charge >= 0.3 is 0 Å². The molecule has 1 N–H and O–H groups in total. The SMILES string of the molecule is CC(=O)N1CCN(c2ccc(C(=O)N3CCN(C(=O)c4ccccc4O)CC3)cc2[N+](=O)[O-])CC1. The lowest BCUT2D eigenvalue weighted by Crippen LogP contribution is -2.50. The number of benzene rings is 2. The van der Waals surface area contributed by atoms with Gasteiger partial charge in [0, 0.05) is 70.9 Å². The Morgan fingerprint density at radius 2 is 1.40 bits per heavy atom. The molecule has 184 valence electrons. The Bertz CT molecular complexity index is 1150. The molecule has 2 aliphatic heterocycles. The smallest absolute Gasteiger partial charge is 0.293 e. The van der Waals surface area contributed by atoms with Crippen molar-refractivity contribution < 1.29 is 24.4 Å². The second-order valence-electron chi connectivity index (χ2n) is 8.56. The Kier molecular flexibility index (Phi) is 6.85. The fourth-order valence-corrected chi connectivity index (χ4v) is 4.45. The third-order valence-electron chi connectivity index (χ3n) is 6.47. The minimum absolute atomic E-state index is 0.0255. The first-order chi connectivity index (χ1) is 16.8. The zero-order valence-electron chi connectivity index (χ0n) is 19.4. The van der Waals surface area contributed by atoms with Crippen molar-refractivity contribution >= 4 is 29.1 Å². The number of anilines is 1. The van der Waals surface area contributed by atoms with Crippen molar-refractivity contribution in [3.05, 3.63) is 63.7 Å². The van der Waals surface area contributed by atoms with Crippen molar-refractivity contribution in [2.24, 2.45) is 0 Å². The van der Waals surface area contributed by atoms with E-state index in [2.05, 4.69) is 0 Å². The summed E-state index contributed by atoms with van der Waals surface area (Å²) in [4.78, 5) is 55.3. The van der Waals surface area contributed by atoms with Crippen LogP contribution >= 0.6 is 0 Å². The molecule has 0 aromatic heterocycles. The van der Waals surface area contributed by atoms with Gasteiger partial charge in [-0.3, -0.25) is 24.5 Å². The highest BCUT2D eigenvalue weighted by atomic mass is 16.6. The lowest BCUT2D eigenvalue weighted by molar-refractivity contribution is -0.384. The van der Waals surface area contributed by atoms with Crippen LogP contribution in [0.5, 0.6) is 5.75 Å². The zero-order valence-corrected chi connectivity index (χ0v) is 19.4. The molecule has 0 radical (unpaired) electrons.